The largest absolute Gasteiger partial charge is 0.462 e. The Hall–Kier alpha value is -1.64. The lowest BCUT2D eigenvalue weighted by Crippen LogP contribution is -2.30. The highest BCUT2D eigenvalue weighted by Gasteiger charge is 2.26. The van der Waals surface area contributed by atoms with Crippen LogP contribution >= 0.6 is 35.2 Å². The molecule has 2 aromatic rings. The van der Waals surface area contributed by atoms with E-state index in [2.05, 4.69) is 15.7 Å². The molecule has 9 heteroatoms. The van der Waals surface area contributed by atoms with Gasteiger partial charge in [0.05, 0.1) is 29.1 Å². The number of thiocarbonyl (C=S) groups is 1. The monoisotopic (exact) mass is 454 g/mol. The smallest absolute Gasteiger partial charge is 0.341 e. The van der Waals surface area contributed by atoms with Crippen molar-refractivity contribution < 1.29 is 9.53 Å². The van der Waals surface area contributed by atoms with Crippen LogP contribution in [0.3, 0.4) is 0 Å². The van der Waals surface area contributed by atoms with E-state index in [4.69, 9.17) is 28.6 Å². The van der Waals surface area contributed by atoms with Gasteiger partial charge >= 0.3 is 5.97 Å². The fourth-order valence-electron chi connectivity index (χ4n) is 3.48. The molecule has 1 aliphatic rings. The summed E-state index contributed by atoms with van der Waals surface area (Å²) in [4.78, 5) is 13.9. The predicted octanol–water partition coefficient (Wildman–Crippen LogP) is 4.73. The molecular weight excluding hydrogens is 428 g/mol. The number of ether oxygens (including phenoxy) is 1. The molecule has 0 amide bonds. The van der Waals surface area contributed by atoms with E-state index in [-0.39, 0.29) is 5.97 Å². The summed E-state index contributed by atoms with van der Waals surface area (Å²) in [5, 5.41) is 12.7. The van der Waals surface area contributed by atoms with Gasteiger partial charge < -0.3 is 15.4 Å². The van der Waals surface area contributed by atoms with E-state index in [9.17, 15) is 4.79 Å². The first-order chi connectivity index (χ1) is 14.0. The Bertz CT molecular complexity index is 878. The Labute approximate surface area is 186 Å². The van der Waals surface area contributed by atoms with Crippen molar-refractivity contribution in [2.75, 3.05) is 18.5 Å². The van der Waals surface area contributed by atoms with E-state index in [1.54, 1.807) is 17.5 Å². The number of aromatic nitrogens is 2. The number of hydrogen-bond acceptors (Lipinski definition) is 5. The van der Waals surface area contributed by atoms with Gasteiger partial charge in [0, 0.05) is 18.0 Å². The topological polar surface area (TPSA) is 68.2 Å². The Morgan fingerprint density at radius 2 is 2.17 bits per heavy atom. The maximum Gasteiger partial charge on any atom is 0.341 e. The highest BCUT2D eigenvalue weighted by atomic mass is 35.5. The molecule has 0 aromatic carbocycles. The van der Waals surface area contributed by atoms with Crippen molar-refractivity contribution in [1.29, 1.82) is 0 Å². The lowest BCUT2D eigenvalue weighted by molar-refractivity contribution is 0.0527. The maximum absolute atomic E-state index is 12.6. The molecule has 2 aromatic heterocycles. The van der Waals surface area contributed by atoms with Crippen molar-refractivity contribution in [2.45, 2.75) is 58.9 Å². The second-order valence-electron chi connectivity index (χ2n) is 7.02. The number of halogens is 1. The minimum absolute atomic E-state index is 0.261. The second-order valence-corrected chi connectivity index (χ2v) is 8.95. The van der Waals surface area contributed by atoms with Gasteiger partial charge in [-0.3, -0.25) is 4.68 Å². The minimum Gasteiger partial charge on any atom is -0.462 e. The van der Waals surface area contributed by atoms with Gasteiger partial charge in [-0.15, -0.1) is 11.3 Å². The quantitative estimate of drug-likeness (QED) is 0.273. The first-order valence-corrected chi connectivity index (χ1v) is 11.7. The van der Waals surface area contributed by atoms with Gasteiger partial charge in [0.1, 0.15) is 5.00 Å². The van der Waals surface area contributed by atoms with E-state index >= 15 is 0 Å². The van der Waals surface area contributed by atoms with Crippen molar-refractivity contribution in [3.05, 3.63) is 32.9 Å². The molecular formula is C20H27ClN4O2S2. The number of nitrogens with zero attached hydrogens (tertiary/aromatic N) is 2. The molecule has 0 radical (unpaired) electrons. The summed E-state index contributed by atoms with van der Waals surface area (Å²) in [7, 11) is 0. The number of esters is 1. The average molecular weight is 455 g/mol. The Kier molecular flexibility index (Phi) is 7.91. The summed E-state index contributed by atoms with van der Waals surface area (Å²) >= 11 is 13.1. The molecule has 6 nitrogen and oxygen atoms in total. The van der Waals surface area contributed by atoms with Crippen LogP contribution in [-0.4, -0.2) is 34.0 Å². The molecule has 2 heterocycles. The Balaban J connectivity index is 1.60. The number of hydrogen-bond donors (Lipinski definition) is 2. The van der Waals surface area contributed by atoms with Crippen LogP contribution in [0.1, 0.15) is 59.1 Å². The SMILES string of the molecule is CCOC(=O)c1c(NC(=S)NCCCn2ncc(Cl)c2C)sc2c1CCCCC2. The number of carbonyl (C=O) groups is 1. The Morgan fingerprint density at radius 3 is 2.90 bits per heavy atom. The average Bonchev–Trinajstić information content (AvgIpc) is 3.09. The molecule has 0 saturated carbocycles. The first-order valence-electron chi connectivity index (χ1n) is 10.1. The first kappa shape index (κ1) is 22.1. The highest BCUT2D eigenvalue weighted by molar-refractivity contribution is 7.80. The van der Waals surface area contributed by atoms with E-state index in [1.807, 2.05) is 18.5 Å². The molecule has 0 spiro atoms. The van der Waals surface area contributed by atoms with Crippen LogP contribution in [0.15, 0.2) is 6.20 Å². The van der Waals surface area contributed by atoms with Crippen LogP contribution in [0.4, 0.5) is 5.00 Å². The van der Waals surface area contributed by atoms with Crippen molar-refractivity contribution in [1.82, 2.24) is 15.1 Å². The Morgan fingerprint density at radius 1 is 1.38 bits per heavy atom. The van der Waals surface area contributed by atoms with E-state index in [1.165, 1.54) is 11.3 Å². The van der Waals surface area contributed by atoms with Crippen LogP contribution in [0.5, 0.6) is 0 Å². The van der Waals surface area contributed by atoms with Crippen LogP contribution < -0.4 is 10.6 Å². The summed E-state index contributed by atoms with van der Waals surface area (Å²) in [5.74, 6) is -0.261. The van der Waals surface area contributed by atoms with Gasteiger partial charge in [0.15, 0.2) is 5.11 Å². The molecule has 0 unspecified atom stereocenters. The zero-order valence-corrected chi connectivity index (χ0v) is 19.2. The summed E-state index contributed by atoms with van der Waals surface area (Å²) in [6.45, 7) is 5.60. The third-order valence-electron chi connectivity index (χ3n) is 5.00. The minimum atomic E-state index is -0.261. The number of aryl methyl sites for hydroxylation is 2. The number of anilines is 1. The predicted molar refractivity (Wildman–Crippen MR) is 122 cm³/mol. The number of rotatable bonds is 7. The molecule has 29 heavy (non-hydrogen) atoms. The second kappa shape index (κ2) is 10.4. The van der Waals surface area contributed by atoms with Gasteiger partial charge in [-0.1, -0.05) is 18.0 Å². The third-order valence-corrected chi connectivity index (χ3v) is 6.83. The van der Waals surface area contributed by atoms with Gasteiger partial charge in [-0.2, -0.15) is 5.10 Å². The van der Waals surface area contributed by atoms with Crippen LogP contribution in [0, 0.1) is 6.92 Å². The molecule has 3 rings (SSSR count). The van der Waals surface area contributed by atoms with Gasteiger partial charge in [-0.05, 0) is 63.7 Å². The summed E-state index contributed by atoms with van der Waals surface area (Å²) in [6.07, 6.45) is 7.92. The number of carbonyl (C=O) groups excluding carboxylic acids is 1. The normalized spacial score (nSPS) is 13.5. The van der Waals surface area contributed by atoms with Crippen LogP contribution in [-0.2, 0) is 24.1 Å². The fraction of sp³-hybridized carbons (Fsp3) is 0.550. The van der Waals surface area contributed by atoms with E-state index < -0.39 is 0 Å². The number of fused-ring (bicyclic) bond motifs is 1. The molecule has 0 atom stereocenters. The van der Waals surface area contributed by atoms with Gasteiger partial charge in [0.25, 0.3) is 0 Å². The zero-order valence-electron chi connectivity index (χ0n) is 16.8. The van der Waals surface area contributed by atoms with Gasteiger partial charge in [0.2, 0.25) is 0 Å². The summed E-state index contributed by atoms with van der Waals surface area (Å²) in [5.41, 5.74) is 2.77. The lowest BCUT2D eigenvalue weighted by Gasteiger charge is -2.12. The maximum atomic E-state index is 12.6. The van der Waals surface area contributed by atoms with Crippen LogP contribution in [0.2, 0.25) is 5.02 Å². The van der Waals surface area contributed by atoms with Crippen molar-refractivity contribution in [2.24, 2.45) is 0 Å². The molecule has 2 N–H and O–H groups in total. The lowest BCUT2D eigenvalue weighted by atomic mass is 10.1. The van der Waals surface area contributed by atoms with E-state index in [0.29, 0.717) is 28.9 Å². The van der Waals surface area contributed by atoms with E-state index in [0.717, 1.165) is 54.9 Å². The van der Waals surface area contributed by atoms with Crippen molar-refractivity contribution in [3.8, 4) is 0 Å². The highest BCUT2D eigenvalue weighted by Crippen LogP contribution is 2.38. The fourth-order valence-corrected chi connectivity index (χ4v) is 5.17. The van der Waals surface area contributed by atoms with Crippen LogP contribution in [0.25, 0.3) is 0 Å². The summed E-state index contributed by atoms with van der Waals surface area (Å²) < 4.78 is 7.20. The molecule has 0 aliphatic heterocycles. The molecule has 0 fully saturated rings. The number of nitrogens with one attached hydrogen (secondary N) is 2. The standard InChI is InChI=1S/C20H27ClN4O2S2/c1-3-27-19(26)17-14-8-5-4-6-9-16(14)29-18(17)24-20(28)22-10-7-11-25-13(2)15(21)12-23-25/h12H,3-11H2,1-2H3,(H2,22,24,28). The summed E-state index contributed by atoms with van der Waals surface area (Å²) in [6, 6.07) is 0. The zero-order chi connectivity index (χ0) is 20.8. The molecule has 0 saturated heterocycles. The molecule has 0 bridgehead atoms. The third kappa shape index (κ3) is 5.49. The molecule has 1 aliphatic carbocycles. The van der Waals surface area contributed by atoms with Crippen molar-refractivity contribution in [3.63, 3.8) is 0 Å². The van der Waals surface area contributed by atoms with Crippen molar-refractivity contribution >= 4 is 51.2 Å². The number of thiophene rings is 1. The molecule has 158 valence electrons. The van der Waals surface area contributed by atoms with Gasteiger partial charge in [-0.25, -0.2) is 4.79 Å².